The van der Waals surface area contributed by atoms with Gasteiger partial charge in [-0.2, -0.15) is 4.31 Å². The molecular weight excluding hydrogens is 270 g/mol. The van der Waals surface area contributed by atoms with Crippen LogP contribution in [0, 0.1) is 10.1 Å². The van der Waals surface area contributed by atoms with Gasteiger partial charge in [0.25, 0.3) is 5.69 Å². The largest absolute Gasteiger partial charge is 0.312 e. The Labute approximate surface area is 111 Å². The SMILES string of the molecule is C[C@H]1CN(S(=O)(=O)c2cccc([N+](=O)[O-])c2)CCN1. The minimum absolute atomic E-state index is 0.0317. The van der Waals surface area contributed by atoms with Crippen molar-refractivity contribution in [3.63, 3.8) is 0 Å². The van der Waals surface area contributed by atoms with Crippen LogP contribution in [0.15, 0.2) is 29.2 Å². The standard InChI is InChI=1S/C11H15N3O4S/c1-9-8-13(6-5-12-9)19(17,18)11-4-2-3-10(7-11)14(15)16/h2-4,7,9,12H,5-6,8H2,1H3/t9-/m0/s1. The van der Waals surface area contributed by atoms with Crippen molar-refractivity contribution >= 4 is 15.7 Å². The van der Waals surface area contributed by atoms with Crippen LogP contribution in [-0.2, 0) is 10.0 Å². The Balaban J connectivity index is 2.33. The molecular formula is C11H15N3O4S. The maximum absolute atomic E-state index is 12.4. The lowest BCUT2D eigenvalue weighted by atomic mass is 10.3. The van der Waals surface area contributed by atoms with Crippen LogP contribution in [0.3, 0.4) is 0 Å². The first-order valence-electron chi connectivity index (χ1n) is 5.89. The normalized spacial score (nSPS) is 21.2. The summed E-state index contributed by atoms with van der Waals surface area (Å²) >= 11 is 0. The number of nitrogens with one attached hydrogen (secondary N) is 1. The van der Waals surface area contributed by atoms with Crippen LogP contribution in [0.25, 0.3) is 0 Å². The van der Waals surface area contributed by atoms with Gasteiger partial charge >= 0.3 is 0 Å². The Morgan fingerprint density at radius 2 is 2.21 bits per heavy atom. The summed E-state index contributed by atoms with van der Waals surface area (Å²) in [6.07, 6.45) is 0. The first-order valence-corrected chi connectivity index (χ1v) is 7.33. The molecule has 1 fully saturated rings. The second kappa shape index (κ2) is 5.24. The van der Waals surface area contributed by atoms with E-state index in [0.717, 1.165) is 6.07 Å². The fourth-order valence-electron chi connectivity index (χ4n) is 2.02. The molecule has 0 aliphatic carbocycles. The summed E-state index contributed by atoms with van der Waals surface area (Å²) in [6.45, 7) is 3.21. The van der Waals surface area contributed by atoms with E-state index in [9.17, 15) is 18.5 Å². The number of sulfonamides is 1. The summed E-state index contributed by atoms with van der Waals surface area (Å²) in [5, 5.41) is 13.8. The van der Waals surface area contributed by atoms with Crippen LogP contribution in [0.2, 0.25) is 0 Å². The van der Waals surface area contributed by atoms with Gasteiger partial charge in [0.15, 0.2) is 0 Å². The van der Waals surface area contributed by atoms with Crippen molar-refractivity contribution in [2.24, 2.45) is 0 Å². The summed E-state index contributed by atoms with van der Waals surface area (Å²) in [5.41, 5.74) is -0.218. The van der Waals surface area contributed by atoms with E-state index in [-0.39, 0.29) is 16.6 Å². The van der Waals surface area contributed by atoms with Gasteiger partial charge < -0.3 is 5.32 Å². The molecule has 1 aliphatic heterocycles. The summed E-state index contributed by atoms with van der Waals surface area (Å²) in [5.74, 6) is 0. The quantitative estimate of drug-likeness (QED) is 0.647. The van der Waals surface area contributed by atoms with Gasteiger partial charge in [0.2, 0.25) is 10.0 Å². The Morgan fingerprint density at radius 1 is 1.47 bits per heavy atom. The zero-order valence-electron chi connectivity index (χ0n) is 10.4. The molecule has 1 atom stereocenters. The molecule has 19 heavy (non-hydrogen) atoms. The number of nitrogens with zero attached hydrogens (tertiary/aromatic N) is 2. The molecule has 1 aromatic carbocycles. The van der Waals surface area contributed by atoms with E-state index >= 15 is 0 Å². The van der Waals surface area contributed by atoms with Gasteiger partial charge in [-0.25, -0.2) is 8.42 Å². The highest BCUT2D eigenvalue weighted by molar-refractivity contribution is 7.89. The van der Waals surface area contributed by atoms with Crippen molar-refractivity contribution in [2.75, 3.05) is 19.6 Å². The van der Waals surface area contributed by atoms with E-state index in [1.54, 1.807) is 0 Å². The molecule has 1 N–H and O–H groups in total. The fourth-order valence-corrected chi connectivity index (χ4v) is 3.59. The number of piperazine rings is 1. The predicted molar refractivity (Wildman–Crippen MR) is 69.3 cm³/mol. The first kappa shape index (κ1) is 13.9. The molecule has 8 heteroatoms. The van der Waals surface area contributed by atoms with E-state index in [4.69, 9.17) is 0 Å². The van der Waals surface area contributed by atoms with E-state index in [1.165, 1.54) is 22.5 Å². The highest BCUT2D eigenvalue weighted by atomic mass is 32.2. The van der Waals surface area contributed by atoms with Crippen molar-refractivity contribution in [3.05, 3.63) is 34.4 Å². The van der Waals surface area contributed by atoms with Gasteiger partial charge in [0.1, 0.15) is 0 Å². The highest BCUT2D eigenvalue weighted by Crippen LogP contribution is 2.21. The Morgan fingerprint density at radius 3 is 2.84 bits per heavy atom. The minimum atomic E-state index is -3.66. The molecule has 104 valence electrons. The number of hydrogen-bond donors (Lipinski definition) is 1. The van der Waals surface area contributed by atoms with Crippen molar-refractivity contribution in [1.82, 2.24) is 9.62 Å². The van der Waals surface area contributed by atoms with E-state index in [0.29, 0.717) is 19.6 Å². The topological polar surface area (TPSA) is 92.5 Å². The molecule has 1 aromatic rings. The number of non-ortho nitro benzene ring substituents is 1. The summed E-state index contributed by atoms with van der Waals surface area (Å²) in [6, 6.07) is 5.22. The number of nitro benzene ring substituents is 1. The smallest absolute Gasteiger partial charge is 0.270 e. The van der Waals surface area contributed by atoms with Crippen LogP contribution in [0.4, 0.5) is 5.69 Å². The average Bonchev–Trinajstić information content (AvgIpc) is 2.39. The third-order valence-electron chi connectivity index (χ3n) is 3.00. The van der Waals surface area contributed by atoms with Crippen LogP contribution >= 0.6 is 0 Å². The lowest BCUT2D eigenvalue weighted by Gasteiger charge is -2.30. The van der Waals surface area contributed by atoms with E-state index in [2.05, 4.69) is 5.32 Å². The number of benzene rings is 1. The van der Waals surface area contributed by atoms with Gasteiger partial charge in [-0.05, 0) is 13.0 Å². The van der Waals surface area contributed by atoms with Gasteiger partial charge in [0, 0.05) is 37.8 Å². The summed E-state index contributed by atoms with van der Waals surface area (Å²) < 4.78 is 26.1. The summed E-state index contributed by atoms with van der Waals surface area (Å²) in [7, 11) is -3.66. The Hall–Kier alpha value is -1.51. The van der Waals surface area contributed by atoms with Crippen LogP contribution in [-0.4, -0.2) is 43.3 Å². The van der Waals surface area contributed by atoms with Crippen LogP contribution < -0.4 is 5.32 Å². The third kappa shape index (κ3) is 2.91. The molecule has 0 amide bonds. The predicted octanol–water partition coefficient (Wildman–Crippen LogP) is 0.577. The van der Waals surface area contributed by atoms with Crippen LogP contribution in [0.5, 0.6) is 0 Å². The maximum Gasteiger partial charge on any atom is 0.270 e. The molecule has 1 aliphatic rings. The molecule has 1 saturated heterocycles. The average molecular weight is 285 g/mol. The van der Waals surface area contributed by atoms with Crippen LogP contribution in [0.1, 0.15) is 6.92 Å². The Bertz CT molecular complexity index is 587. The molecule has 0 saturated carbocycles. The zero-order valence-corrected chi connectivity index (χ0v) is 11.3. The lowest BCUT2D eigenvalue weighted by molar-refractivity contribution is -0.385. The first-order chi connectivity index (χ1) is 8.91. The Kier molecular flexibility index (Phi) is 3.83. The second-order valence-corrected chi connectivity index (χ2v) is 6.41. The van der Waals surface area contributed by atoms with E-state index < -0.39 is 14.9 Å². The second-order valence-electron chi connectivity index (χ2n) is 4.47. The van der Waals surface area contributed by atoms with Gasteiger partial charge in [-0.15, -0.1) is 0 Å². The molecule has 1 heterocycles. The fraction of sp³-hybridized carbons (Fsp3) is 0.455. The van der Waals surface area contributed by atoms with E-state index in [1.807, 2.05) is 6.92 Å². The molecule has 0 bridgehead atoms. The zero-order chi connectivity index (χ0) is 14.0. The molecule has 0 spiro atoms. The van der Waals surface area contributed by atoms with Crippen molar-refractivity contribution in [1.29, 1.82) is 0 Å². The molecule has 2 rings (SSSR count). The van der Waals surface area contributed by atoms with Crippen molar-refractivity contribution in [3.8, 4) is 0 Å². The van der Waals surface area contributed by atoms with Gasteiger partial charge in [0.05, 0.1) is 9.82 Å². The molecule has 0 unspecified atom stereocenters. The molecule has 0 radical (unpaired) electrons. The molecule has 0 aromatic heterocycles. The maximum atomic E-state index is 12.4. The summed E-state index contributed by atoms with van der Waals surface area (Å²) in [4.78, 5) is 10.1. The number of rotatable bonds is 3. The third-order valence-corrected chi connectivity index (χ3v) is 4.86. The number of hydrogen-bond acceptors (Lipinski definition) is 5. The molecule has 7 nitrogen and oxygen atoms in total. The van der Waals surface area contributed by atoms with Crippen molar-refractivity contribution < 1.29 is 13.3 Å². The monoisotopic (exact) mass is 285 g/mol. The number of nitro groups is 1. The lowest BCUT2D eigenvalue weighted by Crippen LogP contribution is -2.51. The van der Waals surface area contributed by atoms with Gasteiger partial charge in [-0.3, -0.25) is 10.1 Å². The van der Waals surface area contributed by atoms with Gasteiger partial charge in [-0.1, -0.05) is 6.07 Å². The highest BCUT2D eigenvalue weighted by Gasteiger charge is 2.29. The van der Waals surface area contributed by atoms with Crippen molar-refractivity contribution in [2.45, 2.75) is 17.9 Å². The minimum Gasteiger partial charge on any atom is -0.312 e.